The zero-order valence-electron chi connectivity index (χ0n) is 25.5. The van der Waals surface area contributed by atoms with E-state index >= 15 is 0 Å². The van der Waals surface area contributed by atoms with Crippen LogP contribution in [0.5, 0.6) is 11.5 Å². The fourth-order valence-corrected chi connectivity index (χ4v) is 6.17. The molecule has 7 nitrogen and oxygen atoms in total. The molecule has 2 aliphatic rings. The number of nitrogens with zero attached hydrogens (tertiary/aromatic N) is 2. The lowest BCUT2D eigenvalue weighted by atomic mass is 9.72. The van der Waals surface area contributed by atoms with Gasteiger partial charge in [0.1, 0.15) is 18.1 Å². The Morgan fingerprint density at radius 2 is 1.66 bits per heavy atom. The highest BCUT2D eigenvalue weighted by molar-refractivity contribution is 5.38. The van der Waals surface area contributed by atoms with Crippen LogP contribution in [-0.4, -0.2) is 82.2 Å². The molecule has 0 fully saturated rings. The van der Waals surface area contributed by atoms with Crippen molar-refractivity contribution in [3.8, 4) is 11.5 Å². The van der Waals surface area contributed by atoms with Crippen LogP contribution in [0.2, 0.25) is 0 Å². The quantitative estimate of drug-likeness (QED) is 0.290. The molecule has 0 aromatic heterocycles. The summed E-state index contributed by atoms with van der Waals surface area (Å²) < 4.78 is 22.7. The maximum absolute atomic E-state index is 9.96. The van der Waals surface area contributed by atoms with Crippen LogP contribution in [0.4, 0.5) is 0 Å². The SMILES string of the molecule is CCN(Cc1ccc(OCCN(C)CCCOC)cc1)C1C=C(OC)C(OC)=CC1[C@@H]1CCc2cc(O)ccc2C1. The fourth-order valence-electron chi connectivity index (χ4n) is 6.17. The van der Waals surface area contributed by atoms with Crippen LogP contribution >= 0.6 is 0 Å². The van der Waals surface area contributed by atoms with Crippen LogP contribution in [0.15, 0.2) is 66.1 Å². The first-order valence-electron chi connectivity index (χ1n) is 14.9. The standard InChI is InChI=1S/C34H48N2O5/c1-6-36(24-25-8-14-30(15-9-25)41-19-17-35(2)16-7-18-38-3)32-23-34(40-5)33(39-4)22-31(32)28-11-10-27-21-29(37)13-12-26(27)20-28/h8-9,12-15,21-23,28,31-32,37H,6-7,10-11,16-20,24H2,1-5H3/t28-,31?,32?/m1/s1. The summed E-state index contributed by atoms with van der Waals surface area (Å²) in [5.74, 6) is 3.62. The molecule has 41 heavy (non-hydrogen) atoms. The van der Waals surface area contributed by atoms with Crippen molar-refractivity contribution in [2.24, 2.45) is 11.8 Å². The summed E-state index contributed by atoms with van der Waals surface area (Å²) in [6.07, 6.45) is 8.61. The first-order valence-corrected chi connectivity index (χ1v) is 14.9. The highest BCUT2D eigenvalue weighted by Gasteiger charge is 2.37. The van der Waals surface area contributed by atoms with Gasteiger partial charge < -0.3 is 29.0 Å². The maximum atomic E-state index is 9.96. The number of aryl methyl sites for hydroxylation is 1. The van der Waals surface area contributed by atoms with E-state index in [0.717, 1.165) is 75.7 Å². The third-order valence-corrected chi connectivity index (χ3v) is 8.51. The minimum absolute atomic E-state index is 0.182. The number of fused-ring (bicyclic) bond motifs is 1. The topological polar surface area (TPSA) is 63.6 Å². The van der Waals surface area contributed by atoms with Gasteiger partial charge in [0, 0.05) is 45.3 Å². The molecule has 224 valence electrons. The molecule has 1 N–H and O–H groups in total. The van der Waals surface area contributed by atoms with Crippen molar-refractivity contribution in [1.29, 1.82) is 0 Å². The molecule has 2 unspecified atom stereocenters. The molecule has 0 radical (unpaired) electrons. The Hall–Kier alpha value is -3.00. The van der Waals surface area contributed by atoms with Gasteiger partial charge >= 0.3 is 0 Å². The normalized spacial score (nSPS) is 20.4. The van der Waals surface area contributed by atoms with Gasteiger partial charge in [0.05, 0.1) is 14.2 Å². The van der Waals surface area contributed by atoms with Crippen molar-refractivity contribution in [3.63, 3.8) is 0 Å². The van der Waals surface area contributed by atoms with E-state index in [1.165, 1.54) is 16.7 Å². The second-order valence-corrected chi connectivity index (χ2v) is 11.2. The fraction of sp³-hybridized carbons (Fsp3) is 0.529. The van der Waals surface area contributed by atoms with Gasteiger partial charge in [-0.05, 0) is 98.3 Å². The highest BCUT2D eigenvalue weighted by Crippen LogP contribution is 2.39. The summed E-state index contributed by atoms with van der Waals surface area (Å²) in [6, 6.07) is 14.5. The van der Waals surface area contributed by atoms with Crippen molar-refractivity contribution in [3.05, 3.63) is 82.8 Å². The molecule has 0 saturated carbocycles. The molecule has 2 aromatic rings. The zero-order valence-corrected chi connectivity index (χ0v) is 25.5. The number of aromatic hydroxyl groups is 1. The number of hydrogen-bond acceptors (Lipinski definition) is 7. The van der Waals surface area contributed by atoms with Crippen LogP contribution in [0.1, 0.15) is 36.5 Å². The molecule has 0 bridgehead atoms. The zero-order chi connectivity index (χ0) is 29.2. The van der Waals surface area contributed by atoms with E-state index in [9.17, 15) is 5.11 Å². The summed E-state index contributed by atoms with van der Waals surface area (Å²) in [5, 5.41) is 9.96. The van der Waals surface area contributed by atoms with Gasteiger partial charge in [-0.15, -0.1) is 0 Å². The third kappa shape index (κ3) is 8.28. The second-order valence-electron chi connectivity index (χ2n) is 11.2. The predicted molar refractivity (Wildman–Crippen MR) is 163 cm³/mol. The Labute approximate surface area is 246 Å². The van der Waals surface area contributed by atoms with Crippen LogP contribution in [0.3, 0.4) is 0 Å². The average molecular weight is 565 g/mol. The van der Waals surface area contributed by atoms with Crippen molar-refractivity contribution < 1.29 is 24.1 Å². The van der Waals surface area contributed by atoms with E-state index < -0.39 is 0 Å². The first-order chi connectivity index (χ1) is 19.9. The summed E-state index contributed by atoms with van der Waals surface area (Å²) in [4.78, 5) is 4.80. The number of benzene rings is 2. The van der Waals surface area contributed by atoms with Gasteiger partial charge in [-0.1, -0.05) is 25.1 Å². The number of likely N-dealkylation sites (N-methyl/N-ethyl adjacent to an activating group) is 2. The molecular formula is C34H48N2O5. The molecule has 2 aromatic carbocycles. The van der Waals surface area contributed by atoms with E-state index in [4.69, 9.17) is 18.9 Å². The van der Waals surface area contributed by atoms with Crippen LogP contribution < -0.4 is 4.74 Å². The second kappa shape index (κ2) is 15.3. The maximum Gasteiger partial charge on any atom is 0.158 e. The van der Waals surface area contributed by atoms with Crippen molar-refractivity contribution >= 4 is 0 Å². The number of ether oxygens (including phenoxy) is 4. The van der Waals surface area contributed by atoms with Crippen molar-refractivity contribution in [1.82, 2.24) is 9.80 Å². The molecule has 7 heteroatoms. The molecule has 0 amide bonds. The van der Waals surface area contributed by atoms with E-state index in [1.54, 1.807) is 21.3 Å². The highest BCUT2D eigenvalue weighted by atomic mass is 16.5. The number of rotatable bonds is 15. The van der Waals surface area contributed by atoms with Gasteiger partial charge in [-0.2, -0.15) is 0 Å². The average Bonchev–Trinajstić information content (AvgIpc) is 2.99. The Morgan fingerprint density at radius 1 is 0.902 bits per heavy atom. The smallest absolute Gasteiger partial charge is 0.158 e. The van der Waals surface area contributed by atoms with E-state index in [0.29, 0.717) is 18.3 Å². The van der Waals surface area contributed by atoms with Crippen molar-refractivity contribution in [2.75, 3.05) is 61.2 Å². The van der Waals surface area contributed by atoms with Crippen molar-refractivity contribution in [2.45, 2.75) is 45.2 Å². The van der Waals surface area contributed by atoms with Crippen LogP contribution in [0.25, 0.3) is 0 Å². The Morgan fingerprint density at radius 3 is 2.37 bits per heavy atom. The van der Waals surface area contributed by atoms with E-state index in [2.05, 4.69) is 66.3 Å². The third-order valence-electron chi connectivity index (χ3n) is 8.51. The molecule has 0 saturated heterocycles. The molecule has 0 spiro atoms. The summed E-state index contributed by atoms with van der Waals surface area (Å²) in [7, 11) is 7.29. The van der Waals surface area contributed by atoms with Gasteiger partial charge in [-0.25, -0.2) is 0 Å². The predicted octanol–water partition coefficient (Wildman–Crippen LogP) is 5.43. The Kier molecular flexibility index (Phi) is 11.5. The van der Waals surface area contributed by atoms with E-state index in [-0.39, 0.29) is 12.0 Å². The summed E-state index contributed by atoms with van der Waals surface area (Å²) in [6.45, 7) is 7.31. The van der Waals surface area contributed by atoms with Crippen LogP contribution in [-0.2, 0) is 33.6 Å². The van der Waals surface area contributed by atoms with Gasteiger partial charge in [0.2, 0.25) is 0 Å². The lowest BCUT2D eigenvalue weighted by Gasteiger charge is -2.41. The molecule has 0 aliphatic heterocycles. The largest absolute Gasteiger partial charge is 0.508 e. The Bertz CT molecular complexity index is 1160. The Balaban J connectivity index is 1.43. The number of phenolic OH excluding ortho intramolecular Hbond substituents is 1. The minimum Gasteiger partial charge on any atom is -0.508 e. The number of phenols is 1. The molecule has 2 aliphatic carbocycles. The summed E-state index contributed by atoms with van der Waals surface area (Å²) >= 11 is 0. The molecule has 3 atom stereocenters. The van der Waals surface area contributed by atoms with E-state index in [1.807, 2.05) is 12.1 Å². The molecule has 0 heterocycles. The van der Waals surface area contributed by atoms with Gasteiger partial charge in [0.25, 0.3) is 0 Å². The van der Waals surface area contributed by atoms with Gasteiger partial charge in [0.15, 0.2) is 11.5 Å². The van der Waals surface area contributed by atoms with Gasteiger partial charge in [-0.3, -0.25) is 4.90 Å². The number of methoxy groups -OCH3 is 3. The summed E-state index contributed by atoms with van der Waals surface area (Å²) in [5.41, 5.74) is 3.87. The molecular weight excluding hydrogens is 516 g/mol. The first kappa shape index (κ1) is 30.9. The lowest BCUT2D eigenvalue weighted by molar-refractivity contribution is 0.132. The molecule has 4 rings (SSSR count). The minimum atomic E-state index is 0.182. The number of hydrogen-bond donors (Lipinski definition) is 1. The van der Waals surface area contributed by atoms with Crippen LogP contribution in [0, 0.1) is 11.8 Å². The lowest BCUT2D eigenvalue weighted by Crippen LogP contribution is -2.44. The monoisotopic (exact) mass is 564 g/mol.